The number of nitrogens with one attached hydrogen (secondary N) is 3. The van der Waals surface area contributed by atoms with Crippen LogP contribution < -0.4 is 30.4 Å². The van der Waals surface area contributed by atoms with Crippen molar-refractivity contribution in [1.82, 2.24) is 34.1 Å². The van der Waals surface area contributed by atoms with E-state index in [2.05, 4.69) is 25.7 Å². The summed E-state index contributed by atoms with van der Waals surface area (Å²) in [5.74, 6) is -2.69. The van der Waals surface area contributed by atoms with E-state index in [0.717, 1.165) is 17.1 Å². The minimum atomic E-state index is -0.662. The Labute approximate surface area is 407 Å². The predicted octanol–water partition coefficient (Wildman–Crippen LogP) is 3.22. The number of allylic oxidation sites excluding steroid dienone is 3. The van der Waals surface area contributed by atoms with Crippen molar-refractivity contribution >= 4 is 81.1 Å². The largest absolute Gasteiger partial charge is 0.493 e. The number of esters is 2. The first-order valence-electron chi connectivity index (χ1n) is 22.6. The molecule has 0 radical (unpaired) electrons. The average molecular weight is 978 g/mol. The van der Waals surface area contributed by atoms with E-state index in [0.29, 0.717) is 58.9 Å². The van der Waals surface area contributed by atoms with Crippen molar-refractivity contribution in [2.75, 3.05) is 65.3 Å². The van der Waals surface area contributed by atoms with Gasteiger partial charge in [-0.25, -0.2) is 34.2 Å². The predicted molar refractivity (Wildman–Crippen MR) is 260 cm³/mol. The third-order valence-corrected chi connectivity index (χ3v) is 11.1. The molecule has 6 rings (SSSR count). The third kappa shape index (κ3) is 12.0. The molecule has 71 heavy (non-hydrogen) atoms. The number of imide groups is 1. The number of aliphatic imine (C=N–C) groups is 1. The van der Waals surface area contributed by atoms with Crippen LogP contribution in [0.3, 0.4) is 0 Å². The molecule has 0 aliphatic carbocycles. The lowest BCUT2D eigenvalue weighted by atomic mass is 10.2. The number of aromatic nitrogens is 6. The first-order valence-corrected chi connectivity index (χ1v) is 22.6. The quantitative estimate of drug-likeness (QED) is 0.0194. The number of rotatable bonds is 22. The molecule has 2 aromatic carbocycles. The Morgan fingerprint density at radius 3 is 2.28 bits per heavy atom. The second kappa shape index (κ2) is 23.1. The number of anilines is 2. The molecular weight excluding hydrogens is 921 g/mol. The number of nitrogens with two attached hydrogens (primary N) is 1. The normalized spacial score (nSPS) is 12.9. The Morgan fingerprint density at radius 2 is 1.63 bits per heavy atom. The van der Waals surface area contributed by atoms with Gasteiger partial charge in [-0.1, -0.05) is 12.2 Å². The van der Waals surface area contributed by atoms with Crippen LogP contribution >= 0.6 is 0 Å². The van der Waals surface area contributed by atoms with Crippen LogP contribution in [0.1, 0.15) is 70.5 Å². The molecule has 0 saturated carbocycles. The number of hydrogen-bond acceptors (Lipinski definition) is 15. The highest BCUT2D eigenvalue weighted by atomic mass is 16.5. The summed E-state index contributed by atoms with van der Waals surface area (Å²) in [7, 11) is 5.55. The summed E-state index contributed by atoms with van der Waals surface area (Å²) in [6.45, 7) is 8.25. The summed E-state index contributed by atoms with van der Waals surface area (Å²) in [6.07, 6.45) is 7.67. The summed E-state index contributed by atoms with van der Waals surface area (Å²) >= 11 is 0. The summed E-state index contributed by atoms with van der Waals surface area (Å²) < 4.78 is 27.1. The number of amides is 5. The average Bonchev–Trinajstić information content (AvgIpc) is 4.10. The monoisotopic (exact) mass is 977 g/mol. The topological polar surface area (TPSA) is 281 Å². The van der Waals surface area contributed by atoms with Gasteiger partial charge in [0.15, 0.2) is 11.3 Å². The second-order valence-corrected chi connectivity index (χ2v) is 16.1. The molecule has 1 aliphatic heterocycles. The molecule has 23 heteroatoms. The molecule has 23 nitrogen and oxygen atoms in total. The van der Waals surface area contributed by atoms with Gasteiger partial charge in [0.25, 0.3) is 17.7 Å². The van der Waals surface area contributed by atoms with E-state index < -0.39 is 35.6 Å². The molecule has 4 heterocycles. The summed E-state index contributed by atoms with van der Waals surface area (Å²) in [4.78, 5) is 105. The molecule has 5 amide bonds. The van der Waals surface area contributed by atoms with Crippen molar-refractivity contribution in [2.45, 2.75) is 60.2 Å². The van der Waals surface area contributed by atoms with Crippen LogP contribution in [-0.4, -0.2) is 136 Å². The van der Waals surface area contributed by atoms with Crippen molar-refractivity contribution in [3.8, 4) is 11.5 Å². The Morgan fingerprint density at radius 1 is 0.944 bits per heavy atom. The maximum atomic E-state index is 13.9. The summed E-state index contributed by atoms with van der Waals surface area (Å²) in [5.41, 5.74) is 9.26. The zero-order valence-corrected chi connectivity index (χ0v) is 40.8. The number of methoxy groups -OCH3 is 3. The number of H-pyrrole nitrogens is 1. The van der Waals surface area contributed by atoms with Gasteiger partial charge in [0.05, 0.1) is 56.8 Å². The van der Waals surface area contributed by atoms with E-state index >= 15 is 0 Å². The molecule has 0 unspecified atom stereocenters. The molecule has 3 aromatic heterocycles. The lowest BCUT2D eigenvalue weighted by molar-refractivity contribution is -0.646. The minimum Gasteiger partial charge on any atom is -0.493 e. The molecule has 1 aliphatic rings. The number of nitrogens with zero attached hydrogens (tertiary/aromatic N) is 8. The lowest BCUT2D eigenvalue weighted by Gasteiger charge is -2.19. The maximum Gasteiger partial charge on any atom is 0.363 e. The number of ether oxygens (including phenoxy) is 4. The Hall–Kier alpha value is -8.63. The van der Waals surface area contributed by atoms with Gasteiger partial charge in [0.1, 0.15) is 28.2 Å². The van der Waals surface area contributed by atoms with Crippen LogP contribution in [0.5, 0.6) is 11.5 Å². The van der Waals surface area contributed by atoms with Crippen LogP contribution in [0.25, 0.3) is 22.1 Å². The second-order valence-electron chi connectivity index (χ2n) is 16.1. The van der Waals surface area contributed by atoms with Gasteiger partial charge in [-0.15, -0.1) is 0 Å². The fourth-order valence-corrected chi connectivity index (χ4v) is 7.70. The van der Waals surface area contributed by atoms with Gasteiger partial charge in [-0.2, -0.15) is 5.10 Å². The summed E-state index contributed by atoms with van der Waals surface area (Å²) in [6, 6.07) is 7.78. The van der Waals surface area contributed by atoms with Gasteiger partial charge < -0.3 is 34.1 Å². The van der Waals surface area contributed by atoms with E-state index in [1.165, 1.54) is 50.5 Å². The SMILES string of the molecule is CCN=C(/C=C(/C)N)C(=O)Nc1[nH]c2cc(C(=O)OC)cc(OC)c2[n+]1C/C=C/Cn1c(NC(=O)c2cc(C)nn2CC)nc2cc(C(=O)OC)cc(OCCCN(C)C(=O)CCN3C(=O)C=CC3=O)c21. The van der Waals surface area contributed by atoms with Crippen molar-refractivity contribution < 1.29 is 57.1 Å². The molecule has 0 fully saturated rings. The van der Waals surface area contributed by atoms with Crippen molar-refractivity contribution in [3.63, 3.8) is 0 Å². The van der Waals surface area contributed by atoms with E-state index in [9.17, 15) is 33.6 Å². The van der Waals surface area contributed by atoms with Crippen molar-refractivity contribution in [2.24, 2.45) is 10.7 Å². The highest BCUT2D eigenvalue weighted by Crippen LogP contribution is 2.32. The lowest BCUT2D eigenvalue weighted by Crippen LogP contribution is -2.38. The summed E-state index contributed by atoms with van der Waals surface area (Å²) in [5, 5.41) is 10.2. The number of aryl methyl sites for hydroxylation is 2. The van der Waals surface area contributed by atoms with E-state index in [-0.39, 0.29) is 85.1 Å². The Bertz CT molecular complexity index is 3010. The molecule has 5 aromatic rings. The number of carbonyl (C=O) groups excluding carboxylic acids is 7. The third-order valence-electron chi connectivity index (χ3n) is 11.1. The van der Waals surface area contributed by atoms with Crippen LogP contribution in [0.15, 0.2) is 71.4 Å². The number of aromatic amines is 1. The number of hydrogen-bond donors (Lipinski definition) is 4. The standard InChI is InChI=1S/C48H56N12O11/c1-9-50-34(22-28(3)49)43(64)53-47-51-32-24-30(45(66)69-7)26-36(68-6)41(32)58(47)18-11-12-19-59-42-33(52-48(59)54-44(65)35-23-29(4)55-60(35)10-2)25-31(46(67)70-8)27-37(42)71-21-13-17-56(5)38(61)16-20-57-39(62)14-15-40(57)63/h11-12,14-15,22-27H,9-10,13,16-21H2,1-8H3,(H4,49,50,51,52,53,54,64,65)/p+1/b12-11+. The van der Waals surface area contributed by atoms with Crippen LogP contribution in [0, 0.1) is 6.92 Å². The fraction of sp³-hybridized carbons (Fsp3) is 0.354. The minimum absolute atomic E-state index is 0.0490. The molecule has 374 valence electrons. The zero-order chi connectivity index (χ0) is 51.5. The number of imidazole rings is 2. The van der Waals surface area contributed by atoms with Gasteiger partial charge in [-0.3, -0.25) is 39.1 Å². The highest BCUT2D eigenvalue weighted by molar-refractivity contribution is 6.47. The van der Waals surface area contributed by atoms with E-state index in [1.807, 2.05) is 6.92 Å². The number of fused-ring (bicyclic) bond motifs is 2. The molecule has 5 N–H and O–H groups in total. The molecule has 0 atom stereocenters. The molecule has 0 spiro atoms. The molecule has 0 bridgehead atoms. The smallest absolute Gasteiger partial charge is 0.363 e. The van der Waals surface area contributed by atoms with Crippen molar-refractivity contribution in [1.29, 1.82) is 0 Å². The van der Waals surface area contributed by atoms with Gasteiger partial charge in [-0.05, 0) is 70.5 Å². The van der Waals surface area contributed by atoms with Crippen molar-refractivity contribution in [3.05, 3.63) is 88.9 Å². The van der Waals surface area contributed by atoms with Gasteiger partial charge >= 0.3 is 23.8 Å². The van der Waals surface area contributed by atoms with Crippen LogP contribution in [-0.2, 0) is 48.3 Å². The Balaban J connectivity index is 1.35. The first-order chi connectivity index (χ1) is 34.0. The maximum absolute atomic E-state index is 13.9. The van der Waals surface area contributed by atoms with Crippen LogP contribution in [0.2, 0.25) is 0 Å². The molecule has 0 saturated heterocycles. The van der Waals surface area contributed by atoms with E-state index in [4.69, 9.17) is 29.7 Å². The number of carbonyl (C=O) groups is 7. The van der Waals surface area contributed by atoms with E-state index in [1.54, 1.807) is 65.9 Å². The molecular formula is C48H57N12O11+. The Kier molecular flexibility index (Phi) is 16.8. The van der Waals surface area contributed by atoms with Crippen LogP contribution in [0.4, 0.5) is 11.9 Å². The van der Waals surface area contributed by atoms with Gasteiger partial charge in [0.2, 0.25) is 11.9 Å². The number of benzene rings is 2. The zero-order valence-electron chi connectivity index (χ0n) is 40.8. The highest BCUT2D eigenvalue weighted by Gasteiger charge is 2.28. The first kappa shape index (κ1) is 51.8. The van der Waals surface area contributed by atoms with Gasteiger partial charge in [0, 0.05) is 64.0 Å². The fourth-order valence-electron chi connectivity index (χ4n) is 7.70.